The van der Waals surface area contributed by atoms with Gasteiger partial charge >= 0.3 is 0 Å². The third-order valence-electron chi connectivity index (χ3n) is 3.51. The normalized spacial score (nSPS) is 17.9. The van der Waals surface area contributed by atoms with Crippen LogP contribution >= 0.6 is 0 Å². The number of likely N-dealkylation sites (N-methyl/N-ethyl adjacent to an activating group) is 1. The molecule has 19 heavy (non-hydrogen) atoms. The van der Waals surface area contributed by atoms with Crippen LogP contribution in [0.15, 0.2) is 24.3 Å². The maximum absolute atomic E-state index is 12.4. The Hall–Kier alpha value is -1.39. The third kappa shape index (κ3) is 3.33. The highest BCUT2D eigenvalue weighted by atomic mass is 16.5. The van der Waals surface area contributed by atoms with Crippen LogP contribution < -0.4 is 5.32 Å². The van der Waals surface area contributed by atoms with Crippen molar-refractivity contribution in [2.45, 2.75) is 18.9 Å². The second kappa shape index (κ2) is 6.68. The van der Waals surface area contributed by atoms with Crippen LogP contribution in [-0.2, 0) is 16.0 Å². The maximum Gasteiger partial charge on any atom is 0.256 e. The molecule has 1 N–H and O–H groups in total. The number of carbonyl (C=O) groups excluding carboxylic acids is 1. The molecule has 0 saturated carbocycles. The topological polar surface area (TPSA) is 41.6 Å². The molecule has 0 fully saturated rings. The smallest absolute Gasteiger partial charge is 0.256 e. The molecule has 1 aromatic rings. The van der Waals surface area contributed by atoms with E-state index in [0.717, 1.165) is 31.5 Å². The van der Waals surface area contributed by atoms with Crippen LogP contribution in [0, 0.1) is 0 Å². The van der Waals surface area contributed by atoms with Gasteiger partial charge in [-0.15, -0.1) is 0 Å². The van der Waals surface area contributed by atoms with Gasteiger partial charge in [0, 0.05) is 13.6 Å². The summed E-state index contributed by atoms with van der Waals surface area (Å²) in [6, 6.07) is 8.06. The maximum atomic E-state index is 12.4. The fourth-order valence-electron chi connectivity index (χ4n) is 2.40. The number of carbonyl (C=O) groups is 1. The molecule has 1 aromatic carbocycles. The first-order valence-electron chi connectivity index (χ1n) is 6.83. The third-order valence-corrected chi connectivity index (χ3v) is 3.51. The Morgan fingerprint density at radius 1 is 1.47 bits per heavy atom. The number of ether oxygens (including phenoxy) is 1. The van der Waals surface area contributed by atoms with Crippen LogP contribution in [0.1, 0.15) is 23.7 Å². The lowest BCUT2D eigenvalue weighted by Gasteiger charge is -2.28. The van der Waals surface area contributed by atoms with Crippen molar-refractivity contribution in [1.82, 2.24) is 10.2 Å². The van der Waals surface area contributed by atoms with E-state index in [4.69, 9.17) is 4.74 Å². The lowest BCUT2D eigenvalue weighted by Crippen LogP contribution is -2.36. The average Bonchev–Trinajstić information content (AvgIpc) is 2.46. The van der Waals surface area contributed by atoms with Crippen LogP contribution in [0.3, 0.4) is 0 Å². The van der Waals surface area contributed by atoms with E-state index < -0.39 is 6.10 Å². The molecule has 0 radical (unpaired) electrons. The molecule has 1 heterocycles. The Morgan fingerprint density at radius 2 is 2.26 bits per heavy atom. The van der Waals surface area contributed by atoms with E-state index >= 15 is 0 Å². The molecular weight excluding hydrogens is 240 g/mol. The van der Waals surface area contributed by atoms with Crippen molar-refractivity contribution >= 4 is 5.91 Å². The van der Waals surface area contributed by atoms with Crippen molar-refractivity contribution < 1.29 is 9.53 Å². The Bertz CT molecular complexity index is 434. The first kappa shape index (κ1) is 14.0. The summed E-state index contributed by atoms with van der Waals surface area (Å²) in [7, 11) is 3.76. The molecule has 0 aromatic heterocycles. The highest BCUT2D eigenvalue weighted by Gasteiger charge is 2.29. The van der Waals surface area contributed by atoms with Crippen LogP contribution in [-0.4, -0.2) is 44.6 Å². The molecule has 0 aliphatic carbocycles. The average molecular weight is 262 g/mol. The van der Waals surface area contributed by atoms with Crippen molar-refractivity contribution in [2.24, 2.45) is 0 Å². The molecule has 4 nitrogen and oxygen atoms in total. The predicted molar refractivity (Wildman–Crippen MR) is 75.0 cm³/mol. The van der Waals surface area contributed by atoms with Crippen LogP contribution in [0.4, 0.5) is 0 Å². The van der Waals surface area contributed by atoms with Gasteiger partial charge in [-0.2, -0.15) is 0 Å². The molecule has 1 aliphatic heterocycles. The van der Waals surface area contributed by atoms with Gasteiger partial charge in [-0.3, -0.25) is 4.79 Å². The van der Waals surface area contributed by atoms with Crippen molar-refractivity contribution in [1.29, 1.82) is 0 Å². The molecule has 2 rings (SSSR count). The number of hydrogen-bond donors (Lipinski definition) is 1. The molecule has 0 spiro atoms. The fourth-order valence-corrected chi connectivity index (χ4v) is 2.40. The van der Waals surface area contributed by atoms with Gasteiger partial charge in [-0.05, 0) is 37.6 Å². The van der Waals surface area contributed by atoms with Crippen LogP contribution in [0.25, 0.3) is 0 Å². The summed E-state index contributed by atoms with van der Waals surface area (Å²) in [6.07, 6.45) is 1.42. The Kier molecular flexibility index (Phi) is 4.93. The summed E-state index contributed by atoms with van der Waals surface area (Å²) < 4.78 is 5.69. The Morgan fingerprint density at radius 3 is 3.05 bits per heavy atom. The first-order valence-corrected chi connectivity index (χ1v) is 6.83. The summed E-state index contributed by atoms with van der Waals surface area (Å²) in [5, 5.41) is 3.09. The van der Waals surface area contributed by atoms with Crippen molar-refractivity contribution in [3.05, 3.63) is 35.4 Å². The number of nitrogens with zero attached hydrogens (tertiary/aromatic N) is 1. The monoisotopic (exact) mass is 262 g/mol. The summed E-state index contributed by atoms with van der Waals surface area (Å²) >= 11 is 0. The molecule has 0 saturated heterocycles. The molecule has 1 unspecified atom stereocenters. The number of benzene rings is 1. The molecule has 1 amide bonds. The van der Waals surface area contributed by atoms with E-state index in [1.807, 2.05) is 32.3 Å². The number of amides is 1. The lowest BCUT2D eigenvalue weighted by atomic mass is 9.97. The standard InChI is InChI=1S/C15H22N2O2/c1-16-9-5-10-17(2)15(18)14-13-7-4-3-6-12(13)8-11-19-14/h3-4,6-7,14,16H,5,8-11H2,1-2H3. The minimum absolute atomic E-state index is 0.0586. The van der Waals surface area contributed by atoms with E-state index in [1.165, 1.54) is 5.56 Å². The minimum atomic E-state index is -0.426. The SMILES string of the molecule is CNCCCN(C)C(=O)C1OCCc2ccccc21. The molecule has 0 bridgehead atoms. The number of nitrogens with one attached hydrogen (secondary N) is 1. The van der Waals surface area contributed by atoms with Crippen molar-refractivity contribution in [2.75, 3.05) is 33.8 Å². The number of rotatable bonds is 5. The largest absolute Gasteiger partial charge is 0.363 e. The highest BCUT2D eigenvalue weighted by molar-refractivity contribution is 5.82. The van der Waals surface area contributed by atoms with E-state index in [9.17, 15) is 4.79 Å². The predicted octanol–water partition coefficient (Wildman–Crippen LogP) is 1.37. The Labute approximate surface area is 114 Å². The number of fused-ring (bicyclic) bond motifs is 1. The van der Waals surface area contributed by atoms with E-state index in [0.29, 0.717) is 6.61 Å². The van der Waals surface area contributed by atoms with E-state index in [1.54, 1.807) is 4.90 Å². The van der Waals surface area contributed by atoms with Gasteiger partial charge in [-0.25, -0.2) is 0 Å². The van der Waals surface area contributed by atoms with Crippen molar-refractivity contribution in [3.8, 4) is 0 Å². The molecule has 1 aliphatic rings. The zero-order valence-electron chi connectivity index (χ0n) is 11.7. The second-order valence-corrected chi connectivity index (χ2v) is 4.92. The van der Waals surface area contributed by atoms with Gasteiger partial charge in [0.05, 0.1) is 6.61 Å². The minimum Gasteiger partial charge on any atom is -0.363 e. The molecule has 1 atom stereocenters. The molecule has 104 valence electrons. The molecular formula is C15H22N2O2. The molecule has 4 heteroatoms. The highest BCUT2D eigenvalue weighted by Crippen LogP contribution is 2.28. The summed E-state index contributed by atoms with van der Waals surface area (Å²) in [6.45, 7) is 2.29. The van der Waals surface area contributed by atoms with Gasteiger partial charge in [0.15, 0.2) is 6.10 Å². The van der Waals surface area contributed by atoms with Gasteiger partial charge in [0.25, 0.3) is 5.91 Å². The summed E-state index contributed by atoms with van der Waals surface area (Å²) in [5.74, 6) is 0.0586. The van der Waals surface area contributed by atoms with E-state index in [2.05, 4.69) is 11.4 Å². The van der Waals surface area contributed by atoms with Gasteiger partial charge in [0.2, 0.25) is 0 Å². The van der Waals surface area contributed by atoms with Crippen LogP contribution in [0.5, 0.6) is 0 Å². The van der Waals surface area contributed by atoms with Crippen LogP contribution in [0.2, 0.25) is 0 Å². The quantitative estimate of drug-likeness (QED) is 0.815. The zero-order chi connectivity index (χ0) is 13.7. The van der Waals surface area contributed by atoms with E-state index in [-0.39, 0.29) is 5.91 Å². The second-order valence-electron chi connectivity index (χ2n) is 4.92. The number of hydrogen-bond acceptors (Lipinski definition) is 3. The first-order chi connectivity index (χ1) is 9.24. The summed E-state index contributed by atoms with van der Waals surface area (Å²) in [5.41, 5.74) is 2.26. The van der Waals surface area contributed by atoms with Gasteiger partial charge in [0.1, 0.15) is 0 Å². The van der Waals surface area contributed by atoms with Gasteiger partial charge in [-0.1, -0.05) is 24.3 Å². The lowest BCUT2D eigenvalue weighted by molar-refractivity contribution is -0.143. The van der Waals surface area contributed by atoms with Gasteiger partial charge < -0.3 is 15.0 Å². The fraction of sp³-hybridized carbons (Fsp3) is 0.533. The zero-order valence-corrected chi connectivity index (χ0v) is 11.7. The van der Waals surface area contributed by atoms with Crippen molar-refractivity contribution in [3.63, 3.8) is 0 Å². The summed E-state index contributed by atoms with van der Waals surface area (Å²) in [4.78, 5) is 14.2. The Balaban J connectivity index is 2.04.